The van der Waals surface area contributed by atoms with Crippen LogP contribution in [0.15, 0.2) is 5.38 Å². The molecule has 0 aromatic carbocycles. The number of nitrogens with one attached hydrogen (secondary N) is 2. The zero-order valence-electron chi connectivity index (χ0n) is 11.2. The molecule has 1 heterocycles. The number of thiazole rings is 1. The van der Waals surface area contributed by atoms with Crippen LogP contribution in [-0.4, -0.2) is 35.2 Å². The van der Waals surface area contributed by atoms with E-state index in [1.165, 1.54) is 24.2 Å². The smallest absolute Gasteiger partial charge is 0.270 e. The van der Waals surface area contributed by atoms with E-state index in [1.54, 1.807) is 12.4 Å². The summed E-state index contributed by atoms with van der Waals surface area (Å²) in [6, 6.07) is 0. The second kappa shape index (κ2) is 6.34. The number of aliphatic hydroxyl groups is 1. The first-order valence-electron chi connectivity index (χ1n) is 6.77. The molecule has 1 aromatic rings. The first kappa shape index (κ1) is 14.3. The number of aromatic nitrogens is 1. The van der Waals surface area contributed by atoms with Crippen LogP contribution < -0.4 is 10.6 Å². The molecular weight excluding hydrogens is 262 g/mol. The van der Waals surface area contributed by atoms with Crippen molar-refractivity contribution in [3.8, 4) is 0 Å². The third kappa shape index (κ3) is 3.91. The number of hydrogen-bond donors (Lipinski definition) is 3. The van der Waals surface area contributed by atoms with Crippen LogP contribution in [0.25, 0.3) is 0 Å². The summed E-state index contributed by atoms with van der Waals surface area (Å²) in [6.07, 6.45) is 5.96. The second-order valence-corrected chi connectivity index (χ2v) is 5.97. The van der Waals surface area contributed by atoms with E-state index in [-0.39, 0.29) is 5.91 Å². The van der Waals surface area contributed by atoms with Crippen LogP contribution in [0.4, 0.5) is 5.13 Å². The van der Waals surface area contributed by atoms with Crippen molar-refractivity contribution in [3.05, 3.63) is 11.1 Å². The van der Waals surface area contributed by atoms with E-state index in [0.29, 0.717) is 12.2 Å². The first-order valence-corrected chi connectivity index (χ1v) is 7.65. The van der Waals surface area contributed by atoms with E-state index in [0.717, 1.165) is 30.8 Å². The third-order valence-electron chi connectivity index (χ3n) is 3.56. The molecule has 106 valence electrons. The predicted molar refractivity (Wildman–Crippen MR) is 76.6 cm³/mol. The fraction of sp³-hybridized carbons (Fsp3) is 0.692. The van der Waals surface area contributed by atoms with Gasteiger partial charge in [-0.1, -0.05) is 25.7 Å². The van der Waals surface area contributed by atoms with Gasteiger partial charge in [0.25, 0.3) is 5.91 Å². The molecule has 0 spiro atoms. The van der Waals surface area contributed by atoms with E-state index in [1.807, 2.05) is 0 Å². The molecule has 1 aliphatic carbocycles. The summed E-state index contributed by atoms with van der Waals surface area (Å²) < 4.78 is 0. The number of hydrogen-bond acceptors (Lipinski definition) is 5. The average Bonchev–Trinajstić information content (AvgIpc) is 2.79. The van der Waals surface area contributed by atoms with Gasteiger partial charge in [0.1, 0.15) is 5.69 Å². The molecule has 0 atom stereocenters. The molecule has 1 aromatic heterocycles. The van der Waals surface area contributed by atoms with Crippen molar-refractivity contribution in [2.24, 2.45) is 0 Å². The summed E-state index contributed by atoms with van der Waals surface area (Å²) in [5, 5.41) is 18.6. The second-order valence-electron chi connectivity index (χ2n) is 5.11. The van der Waals surface area contributed by atoms with Crippen LogP contribution in [-0.2, 0) is 0 Å². The Kier molecular flexibility index (Phi) is 4.76. The molecule has 0 saturated heterocycles. The molecule has 2 rings (SSSR count). The molecule has 5 nitrogen and oxygen atoms in total. The number of carbonyl (C=O) groups excluding carboxylic acids is 1. The van der Waals surface area contributed by atoms with E-state index in [4.69, 9.17) is 0 Å². The quantitative estimate of drug-likeness (QED) is 0.739. The van der Waals surface area contributed by atoms with Gasteiger partial charge in [0.05, 0.1) is 5.60 Å². The Morgan fingerprint density at radius 2 is 2.11 bits per heavy atom. The minimum Gasteiger partial charge on any atom is -0.388 e. The van der Waals surface area contributed by atoms with Gasteiger partial charge < -0.3 is 15.7 Å². The lowest BCUT2D eigenvalue weighted by Crippen LogP contribution is -2.42. The van der Waals surface area contributed by atoms with Gasteiger partial charge in [-0.2, -0.15) is 0 Å². The molecule has 3 N–H and O–H groups in total. The first-order chi connectivity index (χ1) is 9.13. The SMILES string of the molecule is CNc1nc(C(=O)NCC2(O)CCCCCC2)cs1. The average molecular weight is 283 g/mol. The molecule has 19 heavy (non-hydrogen) atoms. The van der Waals surface area contributed by atoms with Crippen LogP contribution in [0.5, 0.6) is 0 Å². The molecule has 6 heteroatoms. The molecule has 0 unspecified atom stereocenters. The van der Waals surface area contributed by atoms with Crippen LogP contribution in [0.2, 0.25) is 0 Å². The van der Waals surface area contributed by atoms with Gasteiger partial charge in [-0.15, -0.1) is 11.3 Å². The molecule has 0 radical (unpaired) electrons. The number of anilines is 1. The zero-order chi connectivity index (χ0) is 13.7. The maximum absolute atomic E-state index is 11.9. The van der Waals surface area contributed by atoms with Crippen molar-refractivity contribution in [1.82, 2.24) is 10.3 Å². The zero-order valence-corrected chi connectivity index (χ0v) is 12.1. The highest BCUT2D eigenvalue weighted by Crippen LogP contribution is 2.26. The van der Waals surface area contributed by atoms with E-state index in [9.17, 15) is 9.90 Å². The van der Waals surface area contributed by atoms with Crippen molar-refractivity contribution in [1.29, 1.82) is 0 Å². The molecule has 1 amide bonds. The van der Waals surface area contributed by atoms with Gasteiger partial charge in [-0.25, -0.2) is 4.98 Å². The van der Waals surface area contributed by atoms with Crippen LogP contribution in [0.3, 0.4) is 0 Å². The van der Waals surface area contributed by atoms with Gasteiger partial charge in [-0.3, -0.25) is 4.79 Å². The molecule has 1 saturated carbocycles. The summed E-state index contributed by atoms with van der Waals surface area (Å²) in [6.45, 7) is 0.318. The lowest BCUT2D eigenvalue weighted by molar-refractivity contribution is 0.0246. The third-order valence-corrected chi connectivity index (χ3v) is 4.42. The van der Waals surface area contributed by atoms with Gasteiger partial charge >= 0.3 is 0 Å². The molecule has 0 aliphatic heterocycles. The minimum atomic E-state index is -0.742. The van der Waals surface area contributed by atoms with Gasteiger partial charge in [0, 0.05) is 19.0 Å². The van der Waals surface area contributed by atoms with Gasteiger partial charge in [0.15, 0.2) is 5.13 Å². The Morgan fingerprint density at radius 3 is 2.68 bits per heavy atom. The van der Waals surface area contributed by atoms with Crippen molar-refractivity contribution in [2.45, 2.75) is 44.1 Å². The Bertz CT molecular complexity index is 425. The Balaban J connectivity index is 1.88. The maximum atomic E-state index is 11.9. The van der Waals surface area contributed by atoms with E-state index in [2.05, 4.69) is 15.6 Å². The molecular formula is C13H21N3O2S. The van der Waals surface area contributed by atoms with Crippen molar-refractivity contribution >= 4 is 22.4 Å². The summed E-state index contributed by atoms with van der Waals surface area (Å²) in [4.78, 5) is 16.1. The van der Waals surface area contributed by atoms with Gasteiger partial charge in [0.2, 0.25) is 0 Å². The van der Waals surface area contributed by atoms with Crippen LogP contribution >= 0.6 is 11.3 Å². The minimum absolute atomic E-state index is 0.213. The van der Waals surface area contributed by atoms with E-state index < -0.39 is 5.60 Å². The fourth-order valence-electron chi connectivity index (χ4n) is 2.39. The van der Waals surface area contributed by atoms with Crippen LogP contribution in [0, 0.1) is 0 Å². The lowest BCUT2D eigenvalue weighted by atomic mass is 9.94. The van der Waals surface area contributed by atoms with Gasteiger partial charge in [-0.05, 0) is 12.8 Å². The number of amides is 1. The Hall–Kier alpha value is -1.14. The Morgan fingerprint density at radius 1 is 1.42 bits per heavy atom. The van der Waals surface area contributed by atoms with Crippen molar-refractivity contribution in [2.75, 3.05) is 18.9 Å². The standard InChI is InChI=1S/C13H21N3O2S/c1-14-12-16-10(8-19-12)11(17)15-9-13(18)6-4-2-3-5-7-13/h8,18H,2-7,9H2,1H3,(H,14,16)(H,15,17). The summed E-state index contributed by atoms with van der Waals surface area (Å²) in [5.74, 6) is -0.213. The van der Waals surface area contributed by atoms with Crippen molar-refractivity contribution < 1.29 is 9.90 Å². The van der Waals surface area contributed by atoms with Crippen molar-refractivity contribution in [3.63, 3.8) is 0 Å². The Labute approximate surface area is 117 Å². The fourth-order valence-corrected chi connectivity index (χ4v) is 3.04. The topological polar surface area (TPSA) is 74.2 Å². The summed E-state index contributed by atoms with van der Waals surface area (Å²) in [7, 11) is 1.77. The van der Waals surface area contributed by atoms with E-state index >= 15 is 0 Å². The summed E-state index contributed by atoms with van der Waals surface area (Å²) >= 11 is 1.40. The van der Waals surface area contributed by atoms with Crippen LogP contribution in [0.1, 0.15) is 49.0 Å². The molecule has 1 fully saturated rings. The maximum Gasteiger partial charge on any atom is 0.270 e. The molecule has 1 aliphatic rings. The molecule has 0 bridgehead atoms. The normalized spacial score (nSPS) is 18.6. The lowest BCUT2D eigenvalue weighted by Gasteiger charge is -2.26. The monoisotopic (exact) mass is 283 g/mol. The number of rotatable bonds is 4. The highest BCUT2D eigenvalue weighted by atomic mass is 32.1. The highest BCUT2D eigenvalue weighted by Gasteiger charge is 2.28. The summed E-state index contributed by atoms with van der Waals surface area (Å²) in [5.41, 5.74) is -0.333. The number of carbonyl (C=O) groups is 1. The highest BCUT2D eigenvalue weighted by molar-refractivity contribution is 7.13. The predicted octanol–water partition coefficient (Wildman–Crippen LogP) is 2.00. The largest absolute Gasteiger partial charge is 0.388 e. The number of nitrogens with zero attached hydrogens (tertiary/aromatic N) is 1.